The summed E-state index contributed by atoms with van der Waals surface area (Å²) in [6.45, 7) is 1.18. The van der Waals surface area contributed by atoms with Gasteiger partial charge in [-0.05, 0) is 43.2 Å². The van der Waals surface area contributed by atoms with Crippen LogP contribution in [0.15, 0.2) is 53.7 Å². The molecular weight excluding hydrogens is 424 g/mol. The molecule has 0 radical (unpaired) electrons. The van der Waals surface area contributed by atoms with Crippen LogP contribution in [0.3, 0.4) is 0 Å². The Morgan fingerprint density at radius 2 is 1.87 bits per heavy atom. The molecule has 0 bridgehead atoms. The smallest absolute Gasteiger partial charge is 0.251 e. The van der Waals surface area contributed by atoms with Gasteiger partial charge in [0, 0.05) is 31.0 Å². The molecule has 1 aliphatic heterocycles. The highest BCUT2D eigenvalue weighted by atomic mass is 35.5. The fraction of sp³-hybridized carbons (Fsp3) is 0.333. The number of fused-ring (bicyclic) bond motifs is 1. The van der Waals surface area contributed by atoms with Crippen LogP contribution in [-0.2, 0) is 16.6 Å². The highest BCUT2D eigenvalue weighted by Gasteiger charge is 2.28. The van der Waals surface area contributed by atoms with Gasteiger partial charge in [-0.2, -0.15) is 4.31 Å². The molecule has 7 nitrogen and oxygen atoms in total. The number of nitrogens with zero attached hydrogens (tertiary/aromatic N) is 3. The number of amides is 1. The number of hydrogen-bond acceptors (Lipinski definition) is 4. The van der Waals surface area contributed by atoms with Crippen LogP contribution < -0.4 is 5.32 Å². The third-order valence-corrected chi connectivity index (χ3v) is 7.60. The SMILES string of the molecule is O=C(NCc1cn2ccccc2n1)c1ccc(Cl)c(S(=O)(=O)N2CCCCCC2)c1. The van der Waals surface area contributed by atoms with Crippen LogP contribution in [0.5, 0.6) is 0 Å². The Balaban J connectivity index is 1.52. The predicted octanol–water partition coefficient (Wildman–Crippen LogP) is 3.48. The number of benzene rings is 1. The van der Waals surface area contributed by atoms with Gasteiger partial charge in [0.25, 0.3) is 5.91 Å². The minimum Gasteiger partial charge on any atom is -0.346 e. The molecule has 0 unspecified atom stereocenters. The first-order valence-electron chi connectivity index (χ1n) is 9.96. The fourth-order valence-electron chi connectivity index (χ4n) is 3.61. The molecule has 3 aromatic rings. The second-order valence-corrected chi connectivity index (χ2v) is 9.66. The van der Waals surface area contributed by atoms with Crippen molar-refractivity contribution in [3.63, 3.8) is 0 Å². The summed E-state index contributed by atoms with van der Waals surface area (Å²) in [5.74, 6) is -0.379. The first kappa shape index (κ1) is 20.8. The van der Waals surface area contributed by atoms with E-state index >= 15 is 0 Å². The van der Waals surface area contributed by atoms with E-state index in [1.807, 2.05) is 35.0 Å². The van der Waals surface area contributed by atoms with Gasteiger partial charge in [-0.1, -0.05) is 30.5 Å². The summed E-state index contributed by atoms with van der Waals surface area (Å²) >= 11 is 6.21. The lowest BCUT2D eigenvalue weighted by molar-refractivity contribution is 0.0950. The standard InChI is InChI=1S/C21H23ClN4O3S/c22-18-9-8-16(13-19(18)30(28,29)26-11-4-1-2-5-12-26)21(27)23-14-17-15-25-10-6-3-7-20(25)24-17/h3,6-10,13,15H,1-2,4-5,11-12,14H2,(H,23,27). The topological polar surface area (TPSA) is 83.8 Å². The molecule has 9 heteroatoms. The molecule has 1 N–H and O–H groups in total. The molecular formula is C21H23ClN4O3S. The number of carbonyl (C=O) groups is 1. The maximum atomic E-state index is 13.1. The van der Waals surface area contributed by atoms with E-state index in [1.54, 1.807) is 0 Å². The Morgan fingerprint density at radius 1 is 1.10 bits per heavy atom. The van der Waals surface area contributed by atoms with Crippen LogP contribution >= 0.6 is 11.6 Å². The zero-order chi connectivity index (χ0) is 21.1. The number of rotatable bonds is 5. The van der Waals surface area contributed by atoms with Crippen molar-refractivity contribution in [2.45, 2.75) is 37.1 Å². The van der Waals surface area contributed by atoms with Gasteiger partial charge in [0.2, 0.25) is 10.0 Å². The van der Waals surface area contributed by atoms with Gasteiger partial charge in [0.15, 0.2) is 0 Å². The number of pyridine rings is 1. The highest BCUT2D eigenvalue weighted by molar-refractivity contribution is 7.89. The van der Waals surface area contributed by atoms with Crippen LogP contribution in [0.25, 0.3) is 5.65 Å². The first-order valence-corrected chi connectivity index (χ1v) is 11.8. The number of hydrogen-bond donors (Lipinski definition) is 1. The molecule has 1 aromatic carbocycles. The Kier molecular flexibility index (Phi) is 6.08. The molecule has 0 saturated carbocycles. The quantitative estimate of drug-likeness (QED) is 0.650. The first-order chi connectivity index (χ1) is 14.4. The van der Waals surface area contributed by atoms with Crippen LogP contribution in [0.1, 0.15) is 41.7 Å². The third kappa shape index (κ3) is 4.35. The van der Waals surface area contributed by atoms with Crippen molar-refractivity contribution in [1.29, 1.82) is 0 Å². The molecule has 0 spiro atoms. The monoisotopic (exact) mass is 446 g/mol. The van der Waals surface area contributed by atoms with E-state index in [1.165, 1.54) is 22.5 Å². The molecule has 30 heavy (non-hydrogen) atoms. The second-order valence-electron chi connectivity index (χ2n) is 7.34. The molecule has 2 aromatic heterocycles. The predicted molar refractivity (Wildman–Crippen MR) is 115 cm³/mol. The lowest BCUT2D eigenvalue weighted by Crippen LogP contribution is -2.32. The number of nitrogens with one attached hydrogen (secondary N) is 1. The molecule has 1 aliphatic rings. The zero-order valence-corrected chi connectivity index (χ0v) is 18.0. The summed E-state index contributed by atoms with van der Waals surface area (Å²) in [6, 6.07) is 10.0. The fourth-order valence-corrected chi connectivity index (χ4v) is 5.63. The van der Waals surface area contributed by atoms with E-state index in [-0.39, 0.29) is 27.9 Å². The van der Waals surface area contributed by atoms with Gasteiger partial charge in [0.1, 0.15) is 10.5 Å². The molecule has 0 atom stereocenters. The van der Waals surface area contributed by atoms with E-state index < -0.39 is 10.0 Å². The van der Waals surface area contributed by atoms with E-state index in [0.29, 0.717) is 18.8 Å². The molecule has 1 saturated heterocycles. The van der Waals surface area contributed by atoms with Crippen molar-refractivity contribution in [2.24, 2.45) is 0 Å². The summed E-state index contributed by atoms with van der Waals surface area (Å²) in [7, 11) is -3.75. The molecule has 158 valence electrons. The normalized spacial score (nSPS) is 15.8. The molecule has 3 heterocycles. The second kappa shape index (κ2) is 8.75. The van der Waals surface area contributed by atoms with Crippen LogP contribution in [0.4, 0.5) is 0 Å². The Bertz CT molecular complexity index is 1130. The highest BCUT2D eigenvalue weighted by Crippen LogP contribution is 2.27. The van der Waals surface area contributed by atoms with Crippen LogP contribution in [-0.4, -0.2) is 41.1 Å². The van der Waals surface area contributed by atoms with Crippen molar-refractivity contribution in [1.82, 2.24) is 19.0 Å². The summed E-state index contributed by atoms with van der Waals surface area (Å²) in [6.07, 6.45) is 7.42. The lowest BCUT2D eigenvalue weighted by atomic mass is 10.2. The van der Waals surface area contributed by atoms with Crippen molar-refractivity contribution in [2.75, 3.05) is 13.1 Å². The number of carbonyl (C=O) groups excluding carboxylic acids is 1. The lowest BCUT2D eigenvalue weighted by Gasteiger charge is -2.21. The minimum atomic E-state index is -3.75. The summed E-state index contributed by atoms with van der Waals surface area (Å²) in [5.41, 5.74) is 1.75. The van der Waals surface area contributed by atoms with Crippen molar-refractivity contribution >= 4 is 33.2 Å². The molecule has 0 aliphatic carbocycles. The zero-order valence-electron chi connectivity index (χ0n) is 16.4. The molecule has 1 amide bonds. The van der Waals surface area contributed by atoms with Crippen LogP contribution in [0, 0.1) is 0 Å². The van der Waals surface area contributed by atoms with E-state index in [0.717, 1.165) is 31.3 Å². The average molecular weight is 447 g/mol. The Morgan fingerprint density at radius 3 is 2.60 bits per heavy atom. The summed E-state index contributed by atoms with van der Waals surface area (Å²) < 4.78 is 29.6. The van der Waals surface area contributed by atoms with Gasteiger partial charge >= 0.3 is 0 Å². The maximum absolute atomic E-state index is 13.1. The third-order valence-electron chi connectivity index (χ3n) is 5.22. The average Bonchev–Trinajstić information content (AvgIpc) is 2.95. The van der Waals surface area contributed by atoms with E-state index in [9.17, 15) is 13.2 Å². The Hall–Kier alpha value is -2.42. The molecule has 1 fully saturated rings. The minimum absolute atomic E-state index is 0.0218. The Labute approximate surface area is 180 Å². The van der Waals surface area contributed by atoms with Gasteiger partial charge in [-0.25, -0.2) is 13.4 Å². The van der Waals surface area contributed by atoms with Crippen molar-refractivity contribution in [3.8, 4) is 0 Å². The van der Waals surface area contributed by atoms with Crippen LogP contribution in [0.2, 0.25) is 5.02 Å². The van der Waals surface area contributed by atoms with Gasteiger partial charge in [-0.3, -0.25) is 4.79 Å². The number of imidazole rings is 1. The number of halogens is 1. The summed E-state index contributed by atoms with van der Waals surface area (Å²) in [4.78, 5) is 17.1. The molecule has 4 rings (SSSR count). The van der Waals surface area contributed by atoms with E-state index in [4.69, 9.17) is 11.6 Å². The van der Waals surface area contributed by atoms with Crippen molar-refractivity contribution in [3.05, 3.63) is 65.1 Å². The van der Waals surface area contributed by atoms with E-state index in [2.05, 4.69) is 10.3 Å². The van der Waals surface area contributed by atoms with Crippen molar-refractivity contribution < 1.29 is 13.2 Å². The summed E-state index contributed by atoms with van der Waals surface area (Å²) in [5, 5.41) is 2.92. The number of sulfonamides is 1. The van der Waals surface area contributed by atoms with Gasteiger partial charge in [0.05, 0.1) is 17.3 Å². The largest absolute Gasteiger partial charge is 0.346 e. The maximum Gasteiger partial charge on any atom is 0.251 e. The number of aromatic nitrogens is 2. The van der Waals surface area contributed by atoms with Gasteiger partial charge < -0.3 is 9.72 Å². The van der Waals surface area contributed by atoms with Gasteiger partial charge in [-0.15, -0.1) is 0 Å².